The van der Waals surface area contributed by atoms with Crippen molar-refractivity contribution in [3.63, 3.8) is 0 Å². The number of fused-ring (bicyclic) bond motifs is 1. The van der Waals surface area contributed by atoms with Crippen LogP contribution in [0.15, 0.2) is 24.4 Å². The average Bonchev–Trinajstić information content (AvgIpc) is 2.85. The van der Waals surface area contributed by atoms with Crippen molar-refractivity contribution in [2.75, 3.05) is 24.5 Å². The summed E-state index contributed by atoms with van der Waals surface area (Å²) >= 11 is 0. The normalized spacial score (nSPS) is 22.0. The molecule has 0 bridgehead atoms. The molecule has 32 heavy (non-hydrogen) atoms. The van der Waals surface area contributed by atoms with E-state index in [4.69, 9.17) is 9.97 Å². The molecule has 1 saturated heterocycles. The summed E-state index contributed by atoms with van der Waals surface area (Å²) in [5, 5.41) is 0. The number of carbonyl (C=O) groups excluding carboxylic acids is 1. The van der Waals surface area contributed by atoms with Crippen LogP contribution in [0.2, 0.25) is 0 Å². The molecule has 2 aliphatic heterocycles. The first-order valence-electron chi connectivity index (χ1n) is 12.5. The molecular formula is C26H35N5O. The van der Waals surface area contributed by atoms with E-state index in [2.05, 4.69) is 27.8 Å². The molecule has 0 aromatic carbocycles. The molecule has 5 rings (SSSR count). The van der Waals surface area contributed by atoms with Crippen LogP contribution in [-0.2, 0) is 17.8 Å². The number of nitrogens with zero attached hydrogens (tertiary/aromatic N) is 5. The Kier molecular flexibility index (Phi) is 6.37. The minimum absolute atomic E-state index is 0.235. The Hall–Kier alpha value is -2.50. The number of aromatic nitrogens is 3. The third-order valence-electron chi connectivity index (χ3n) is 7.50. The van der Waals surface area contributed by atoms with Gasteiger partial charge >= 0.3 is 0 Å². The predicted octanol–water partition coefficient (Wildman–Crippen LogP) is 4.42. The summed E-state index contributed by atoms with van der Waals surface area (Å²) in [4.78, 5) is 32.3. The highest BCUT2D eigenvalue weighted by Gasteiger charge is 2.32. The van der Waals surface area contributed by atoms with Crippen LogP contribution in [0.3, 0.4) is 0 Å². The largest absolute Gasteiger partial charge is 0.350 e. The third kappa shape index (κ3) is 4.50. The van der Waals surface area contributed by atoms with Crippen molar-refractivity contribution < 1.29 is 4.79 Å². The zero-order valence-corrected chi connectivity index (χ0v) is 19.3. The Balaban J connectivity index is 1.36. The first-order chi connectivity index (χ1) is 15.7. The summed E-state index contributed by atoms with van der Waals surface area (Å²) in [6.07, 6.45) is 11.9. The van der Waals surface area contributed by atoms with E-state index in [0.29, 0.717) is 5.91 Å². The molecule has 1 aliphatic carbocycles. The van der Waals surface area contributed by atoms with E-state index >= 15 is 0 Å². The van der Waals surface area contributed by atoms with E-state index in [1.54, 1.807) is 0 Å². The number of piperidine rings is 1. The van der Waals surface area contributed by atoms with Crippen molar-refractivity contribution in [3.8, 4) is 0 Å². The Morgan fingerprint density at radius 2 is 1.91 bits per heavy atom. The van der Waals surface area contributed by atoms with Gasteiger partial charge in [-0.3, -0.25) is 9.78 Å². The minimum atomic E-state index is 0.235. The fourth-order valence-corrected chi connectivity index (χ4v) is 5.73. The molecule has 1 unspecified atom stereocenters. The highest BCUT2D eigenvalue weighted by atomic mass is 16.2. The van der Waals surface area contributed by atoms with E-state index in [0.717, 1.165) is 87.7 Å². The fourth-order valence-electron chi connectivity index (χ4n) is 5.73. The molecule has 4 heterocycles. The monoisotopic (exact) mass is 433 g/mol. The predicted molar refractivity (Wildman–Crippen MR) is 126 cm³/mol. The number of anilines is 1. The van der Waals surface area contributed by atoms with Gasteiger partial charge in [-0.05, 0) is 57.6 Å². The Morgan fingerprint density at radius 3 is 2.72 bits per heavy atom. The maximum atomic E-state index is 13.2. The van der Waals surface area contributed by atoms with Gasteiger partial charge in [0.15, 0.2) is 0 Å². The number of aryl methyl sites for hydroxylation is 1. The molecule has 2 aromatic rings. The van der Waals surface area contributed by atoms with Crippen molar-refractivity contribution in [1.29, 1.82) is 0 Å². The highest BCUT2D eigenvalue weighted by molar-refractivity contribution is 5.79. The van der Waals surface area contributed by atoms with Gasteiger partial charge in [-0.2, -0.15) is 0 Å². The Bertz CT molecular complexity index is 941. The molecule has 2 aromatic heterocycles. The standard InChI is InChI=1S/C26H35N5O/c1-19-23-13-8-15-30(18-22-12-5-6-14-27-22)25(23)29-24(28-19)21-11-7-16-31(17-21)26(32)20-9-3-2-4-10-20/h5-6,12,14,20-21H,2-4,7-11,13,15-18H2,1H3. The summed E-state index contributed by atoms with van der Waals surface area (Å²) in [7, 11) is 0. The quantitative estimate of drug-likeness (QED) is 0.714. The van der Waals surface area contributed by atoms with Gasteiger partial charge in [0.2, 0.25) is 5.91 Å². The minimum Gasteiger partial charge on any atom is -0.350 e. The van der Waals surface area contributed by atoms with Crippen LogP contribution in [0.1, 0.15) is 80.1 Å². The molecular weight excluding hydrogens is 398 g/mol. The number of rotatable bonds is 4. The molecule has 1 saturated carbocycles. The zero-order chi connectivity index (χ0) is 21.9. The lowest BCUT2D eigenvalue weighted by molar-refractivity contribution is -0.137. The molecule has 0 radical (unpaired) electrons. The molecule has 0 N–H and O–H groups in total. The SMILES string of the molecule is Cc1nc(C2CCCN(C(=O)C3CCCCC3)C2)nc2c1CCCN2Cc1ccccn1. The summed E-state index contributed by atoms with van der Waals surface area (Å²) in [5.41, 5.74) is 3.45. The van der Waals surface area contributed by atoms with E-state index in [9.17, 15) is 4.79 Å². The number of amides is 1. The van der Waals surface area contributed by atoms with E-state index < -0.39 is 0 Å². The fraction of sp³-hybridized carbons (Fsp3) is 0.615. The van der Waals surface area contributed by atoms with Gasteiger partial charge in [0.05, 0.1) is 12.2 Å². The summed E-state index contributed by atoms with van der Waals surface area (Å²) in [5.74, 6) is 2.86. The molecule has 3 aliphatic rings. The van der Waals surface area contributed by atoms with Crippen molar-refractivity contribution >= 4 is 11.7 Å². The van der Waals surface area contributed by atoms with Crippen LogP contribution in [0, 0.1) is 12.8 Å². The zero-order valence-electron chi connectivity index (χ0n) is 19.3. The third-order valence-corrected chi connectivity index (χ3v) is 7.50. The van der Waals surface area contributed by atoms with Gasteiger partial charge in [-0.25, -0.2) is 9.97 Å². The van der Waals surface area contributed by atoms with Crippen LogP contribution in [0.4, 0.5) is 5.82 Å². The molecule has 170 valence electrons. The maximum Gasteiger partial charge on any atom is 0.225 e. The number of likely N-dealkylation sites (tertiary alicyclic amines) is 1. The first kappa shape index (κ1) is 21.4. The topological polar surface area (TPSA) is 62.2 Å². The number of carbonyl (C=O) groups is 1. The Labute approximate surface area is 191 Å². The lowest BCUT2D eigenvalue weighted by atomic mass is 9.87. The molecule has 2 fully saturated rings. The van der Waals surface area contributed by atoms with Crippen LogP contribution in [0.5, 0.6) is 0 Å². The second-order valence-electron chi connectivity index (χ2n) is 9.77. The molecule has 1 amide bonds. The van der Waals surface area contributed by atoms with Crippen LogP contribution < -0.4 is 4.90 Å². The highest BCUT2D eigenvalue weighted by Crippen LogP contribution is 2.33. The van der Waals surface area contributed by atoms with E-state index in [-0.39, 0.29) is 11.8 Å². The smallest absolute Gasteiger partial charge is 0.225 e. The summed E-state index contributed by atoms with van der Waals surface area (Å²) in [6, 6.07) is 6.09. The molecule has 1 atom stereocenters. The maximum absolute atomic E-state index is 13.2. The van der Waals surface area contributed by atoms with Gasteiger partial charge in [0.1, 0.15) is 11.6 Å². The Morgan fingerprint density at radius 1 is 1.03 bits per heavy atom. The van der Waals surface area contributed by atoms with Gasteiger partial charge in [-0.15, -0.1) is 0 Å². The molecule has 0 spiro atoms. The van der Waals surface area contributed by atoms with E-state index in [1.165, 1.54) is 24.8 Å². The van der Waals surface area contributed by atoms with Gasteiger partial charge in [-0.1, -0.05) is 25.3 Å². The van der Waals surface area contributed by atoms with Crippen LogP contribution in [0.25, 0.3) is 0 Å². The second kappa shape index (κ2) is 9.55. The summed E-state index contributed by atoms with van der Waals surface area (Å²) in [6.45, 7) is 5.56. The number of pyridine rings is 1. The second-order valence-corrected chi connectivity index (χ2v) is 9.77. The first-order valence-corrected chi connectivity index (χ1v) is 12.5. The lowest BCUT2D eigenvalue weighted by Gasteiger charge is -2.36. The summed E-state index contributed by atoms with van der Waals surface area (Å²) < 4.78 is 0. The van der Waals surface area contributed by atoms with Gasteiger partial charge in [0, 0.05) is 48.9 Å². The van der Waals surface area contributed by atoms with Gasteiger partial charge in [0.25, 0.3) is 0 Å². The van der Waals surface area contributed by atoms with Crippen LogP contribution >= 0.6 is 0 Å². The van der Waals surface area contributed by atoms with Crippen molar-refractivity contribution in [2.24, 2.45) is 5.92 Å². The lowest BCUT2D eigenvalue weighted by Crippen LogP contribution is -2.43. The molecule has 6 nitrogen and oxygen atoms in total. The number of hydrogen-bond donors (Lipinski definition) is 0. The van der Waals surface area contributed by atoms with Crippen molar-refractivity contribution in [2.45, 2.75) is 77.2 Å². The van der Waals surface area contributed by atoms with Crippen LogP contribution in [-0.4, -0.2) is 45.4 Å². The van der Waals surface area contributed by atoms with Gasteiger partial charge < -0.3 is 9.80 Å². The van der Waals surface area contributed by atoms with E-state index in [1.807, 2.05) is 18.3 Å². The van der Waals surface area contributed by atoms with Crippen molar-refractivity contribution in [3.05, 3.63) is 47.2 Å². The molecule has 6 heteroatoms. The number of hydrogen-bond acceptors (Lipinski definition) is 5. The van der Waals surface area contributed by atoms with Crippen molar-refractivity contribution in [1.82, 2.24) is 19.9 Å². The average molecular weight is 434 g/mol.